The Morgan fingerprint density at radius 2 is 0.711 bits per heavy atom. The number of allylic oxidation sites excluding steroid dienone is 4. The monoisotopic (exact) mass is 1220 g/mol. The minimum absolute atomic E-state index is 0.0841. The third kappa shape index (κ3) is 57.1. The van der Waals surface area contributed by atoms with Crippen molar-refractivity contribution < 1.29 is 80.2 Å². The van der Waals surface area contributed by atoms with Crippen molar-refractivity contribution in [1.82, 2.24) is 0 Å². The highest BCUT2D eigenvalue weighted by molar-refractivity contribution is 7.47. The smallest absolute Gasteiger partial charge is 0.462 e. The molecule has 488 valence electrons. The maximum Gasteiger partial charge on any atom is 0.472 e. The molecule has 6 atom stereocenters. The van der Waals surface area contributed by atoms with Crippen molar-refractivity contribution in [3.8, 4) is 0 Å². The van der Waals surface area contributed by atoms with Crippen molar-refractivity contribution in [2.45, 2.75) is 310 Å². The largest absolute Gasteiger partial charge is 0.472 e. The van der Waals surface area contributed by atoms with Crippen LogP contribution in [0.25, 0.3) is 0 Å². The normalized spacial score (nSPS) is 14.8. The molecule has 0 saturated heterocycles. The number of esters is 4. The molecule has 0 bridgehead atoms. The first kappa shape index (κ1) is 80.5. The van der Waals surface area contributed by atoms with Crippen LogP contribution in [0.15, 0.2) is 24.3 Å². The summed E-state index contributed by atoms with van der Waals surface area (Å²) in [4.78, 5) is 72.0. The topological polar surface area (TPSA) is 237 Å². The maximum atomic E-state index is 13.0. The maximum absolute atomic E-state index is 13.0. The van der Waals surface area contributed by atoms with Gasteiger partial charge in [0, 0.05) is 25.7 Å². The molecule has 3 unspecified atom stereocenters. The van der Waals surface area contributed by atoms with E-state index in [0.717, 1.165) is 121 Å². The summed E-state index contributed by atoms with van der Waals surface area (Å²) >= 11 is 0. The fourth-order valence-electron chi connectivity index (χ4n) is 8.96. The van der Waals surface area contributed by atoms with Crippen molar-refractivity contribution in [2.75, 3.05) is 39.6 Å². The fraction of sp³-hybridized carbons (Fsp3) is 0.875. The number of unbranched alkanes of at least 4 members (excludes halogenated alkanes) is 27. The van der Waals surface area contributed by atoms with E-state index < -0.39 is 97.5 Å². The molecular formula is C64H120O17P2. The highest BCUT2D eigenvalue weighted by Crippen LogP contribution is 2.45. The van der Waals surface area contributed by atoms with Crippen LogP contribution in [0.2, 0.25) is 0 Å². The van der Waals surface area contributed by atoms with E-state index in [-0.39, 0.29) is 25.7 Å². The molecule has 0 spiro atoms. The predicted octanol–water partition coefficient (Wildman–Crippen LogP) is 17.2. The van der Waals surface area contributed by atoms with Crippen LogP contribution in [-0.2, 0) is 65.4 Å². The summed E-state index contributed by atoms with van der Waals surface area (Å²) in [5.74, 6) is -0.731. The molecule has 3 N–H and O–H groups in total. The number of hydrogen-bond donors (Lipinski definition) is 3. The van der Waals surface area contributed by atoms with Gasteiger partial charge in [-0.05, 0) is 63.2 Å². The van der Waals surface area contributed by atoms with Crippen LogP contribution in [0.5, 0.6) is 0 Å². The number of aliphatic hydroxyl groups is 1. The molecule has 0 amide bonds. The van der Waals surface area contributed by atoms with Crippen molar-refractivity contribution >= 4 is 39.5 Å². The Morgan fingerprint density at radius 1 is 0.398 bits per heavy atom. The Bertz CT molecular complexity index is 1730. The highest BCUT2D eigenvalue weighted by Gasteiger charge is 2.30. The van der Waals surface area contributed by atoms with E-state index in [4.69, 9.17) is 37.0 Å². The Balaban J connectivity index is 5.26. The summed E-state index contributed by atoms with van der Waals surface area (Å²) in [7, 11) is -9.90. The summed E-state index contributed by atoms with van der Waals surface area (Å²) in [6, 6.07) is 0. The predicted molar refractivity (Wildman–Crippen MR) is 331 cm³/mol. The summed E-state index contributed by atoms with van der Waals surface area (Å²) in [5, 5.41) is 10.5. The first-order valence-corrected chi connectivity index (χ1v) is 35.8. The van der Waals surface area contributed by atoms with Crippen LogP contribution in [-0.4, -0.2) is 96.7 Å². The number of rotatable bonds is 61. The first-order valence-electron chi connectivity index (χ1n) is 32.8. The molecule has 83 heavy (non-hydrogen) atoms. The fourth-order valence-corrected chi connectivity index (χ4v) is 10.5. The molecule has 0 aromatic rings. The second kappa shape index (κ2) is 56.1. The Labute approximate surface area is 503 Å². The zero-order chi connectivity index (χ0) is 61.5. The number of ether oxygens (including phenoxy) is 4. The molecule has 0 aliphatic heterocycles. The van der Waals surface area contributed by atoms with E-state index >= 15 is 0 Å². The zero-order valence-corrected chi connectivity index (χ0v) is 54.8. The van der Waals surface area contributed by atoms with Gasteiger partial charge in [-0.25, -0.2) is 9.13 Å². The number of aliphatic hydroxyl groups excluding tert-OH is 1. The van der Waals surface area contributed by atoms with Gasteiger partial charge >= 0.3 is 39.5 Å². The van der Waals surface area contributed by atoms with E-state index in [1.807, 2.05) is 0 Å². The number of phosphoric ester groups is 2. The summed E-state index contributed by atoms with van der Waals surface area (Å²) in [6.07, 6.45) is 41.4. The Hall–Kier alpha value is -2.46. The molecule has 0 heterocycles. The van der Waals surface area contributed by atoms with E-state index in [9.17, 15) is 43.2 Å². The van der Waals surface area contributed by atoms with E-state index in [0.29, 0.717) is 31.6 Å². The van der Waals surface area contributed by atoms with Crippen LogP contribution in [0.4, 0.5) is 0 Å². The molecule has 0 fully saturated rings. The van der Waals surface area contributed by atoms with Crippen molar-refractivity contribution in [1.29, 1.82) is 0 Å². The van der Waals surface area contributed by atoms with Crippen molar-refractivity contribution in [3.05, 3.63) is 24.3 Å². The number of phosphoric acid groups is 2. The lowest BCUT2D eigenvalue weighted by molar-refractivity contribution is -0.161. The third-order valence-electron chi connectivity index (χ3n) is 14.4. The Morgan fingerprint density at radius 3 is 1.08 bits per heavy atom. The lowest BCUT2D eigenvalue weighted by Crippen LogP contribution is -2.30. The van der Waals surface area contributed by atoms with Crippen molar-refractivity contribution in [2.24, 2.45) is 11.8 Å². The highest BCUT2D eigenvalue weighted by atomic mass is 31.2. The number of carbonyl (C=O) groups is 4. The molecule has 0 radical (unpaired) electrons. The van der Waals surface area contributed by atoms with Crippen LogP contribution >= 0.6 is 15.6 Å². The van der Waals surface area contributed by atoms with Gasteiger partial charge in [-0.15, -0.1) is 0 Å². The lowest BCUT2D eigenvalue weighted by Gasteiger charge is -2.21. The van der Waals surface area contributed by atoms with Gasteiger partial charge in [0.2, 0.25) is 0 Å². The standard InChI is InChI=1S/C64H120O17P2/c1-7-10-12-14-16-17-18-19-20-21-22-23-29-36-42-48-63(68)80-59(53-75-62(67)47-41-35-28-25-24-27-33-39-45-57(6)9-3)54-78-82(70,71)76-50-58(65)51-77-83(72,73)79-55-60(52-74-61(66)46-40-34-26-15-13-11-8-2)81-64(69)49-43-37-31-30-32-38-44-56(4)5/h17-20,56-60,65H,7-16,21-55H2,1-6H3,(H,70,71)(H,72,73)/b18-17-,20-19-/t57?,58-,59-,60-/m1/s1. The molecule has 0 aromatic carbocycles. The minimum Gasteiger partial charge on any atom is -0.462 e. The molecule has 0 aromatic heterocycles. The van der Waals surface area contributed by atoms with E-state index in [1.54, 1.807) is 0 Å². The van der Waals surface area contributed by atoms with Gasteiger partial charge in [0.15, 0.2) is 12.2 Å². The average Bonchev–Trinajstić information content (AvgIpc) is 3.49. The van der Waals surface area contributed by atoms with Crippen LogP contribution in [0.1, 0.15) is 292 Å². The van der Waals surface area contributed by atoms with Gasteiger partial charge in [0.1, 0.15) is 19.3 Å². The number of carbonyl (C=O) groups excluding carboxylic acids is 4. The molecule has 0 aliphatic rings. The molecule has 17 nitrogen and oxygen atoms in total. The summed E-state index contributed by atoms with van der Waals surface area (Å²) in [5.41, 5.74) is 0. The van der Waals surface area contributed by atoms with Gasteiger partial charge in [-0.2, -0.15) is 0 Å². The van der Waals surface area contributed by atoms with Gasteiger partial charge in [-0.3, -0.25) is 37.3 Å². The van der Waals surface area contributed by atoms with E-state index in [2.05, 4.69) is 65.8 Å². The third-order valence-corrected chi connectivity index (χ3v) is 16.3. The molecule has 19 heteroatoms. The van der Waals surface area contributed by atoms with Gasteiger partial charge in [0.05, 0.1) is 26.4 Å². The van der Waals surface area contributed by atoms with Gasteiger partial charge in [0.25, 0.3) is 0 Å². The molecule has 0 saturated carbocycles. The lowest BCUT2D eigenvalue weighted by atomic mass is 9.99. The summed E-state index contributed by atoms with van der Waals surface area (Å²) in [6.45, 7) is 9.29. The van der Waals surface area contributed by atoms with E-state index in [1.165, 1.54) is 83.5 Å². The Kier molecular flexibility index (Phi) is 54.4. The molecule has 0 rings (SSSR count). The van der Waals surface area contributed by atoms with Crippen molar-refractivity contribution in [3.63, 3.8) is 0 Å². The van der Waals surface area contributed by atoms with Crippen LogP contribution in [0, 0.1) is 11.8 Å². The average molecular weight is 1220 g/mol. The second-order valence-corrected chi connectivity index (χ2v) is 26.1. The summed E-state index contributed by atoms with van der Waals surface area (Å²) < 4.78 is 67.8. The second-order valence-electron chi connectivity index (χ2n) is 23.2. The molecule has 0 aliphatic carbocycles. The zero-order valence-electron chi connectivity index (χ0n) is 53.0. The molecular weight excluding hydrogens is 1100 g/mol. The van der Waals surface area contributed by atoms with Gasteiger partial charge in [-0.1, -0.05) is 239 Å². The SMILES string of the molecule is CCCCCC/C=C\C=C/CCCCCCCC(=O)O[C@H](COC(=O)CCCCCCCCCCC(C)CC)COP(=O)(O)OC[C@@H](O)COP(=O)(O)OC[C@@H](COC(=O)CCCCCCCCC)OC(=O)CCCCCCCCC(C)C. The number of hydrogen-bond acceptors (Lipinski definition) is 15. The minimum atomic E-state index is -4.95. The van der Waals surface area contributed by atoms with Crippen LogP contribution < -0.4 is 0 Å². The van der Waals surface area contributed by atoms with Gasteiger partial charge < -0.3 is 33.8 Å². The van der Waals surface area contributed by atoms with Crippen LogP contribution in [0.3, 0.4) is 0 Å². The first-order chi connectivity index (χ1) is 39.9. The quantitative estimate of drug-likeness (QED) is 0.0169.